The molecule has 0 bridgehead atoms. The monoisotopic (exact) mass is 235 g/mol. The van der Waals surface area contributed by atoms with Crippen molar-refractivity contribution in [2.24, 2.45) is 0 Å². The fourth-order valence-electron chi connectivity index (χ4n) is 1.69. The van der Waals surface area contributed by atoms with Gasteiger partial charge in [-0.1, -0.05) is 23.7 Å². The second-order valence-electron chi connectivity index (χ2n) is 3.59. The van der Waals surface area contributed by atoms with Crippen LogP contribution in [0, 0.1) is 11.3 Å². The number of benzene rings is 1. The molecule has 2 amide bonds. The zero-order chi connectivity index (χ0) is 11.5. The zero-order valence-electron chi connectivity index (χ0n) is 8.48. The number of nitrogens with one attached hydrogen (secondary N) is 1. The van der Waals surface area contributed by atoms with Crippen LogP contribution in [0.2, 0.25) is 5.02 Å². The Labute approximate surface area is 98.4 Å². The molecule has 0 saturated carbocycles. The molecule has 1 aliphatic heterocycles. The maximum atomic E-state index is 11.5. The summed E-state index contributed by atoms with van der Waals surface area (Å²) in [5.74, 6) is 0. The molecule has 16 heavy (non-hydrogen) atoms. The Morgan fingerprint density at radius 3 is 2.81 bits per heavy atom. The fraction of sp³-hybridized carbons (Fsp3) is 0.273. The van der Waals surface area contributed by atoms with E-state index in [1.807, 2.05) is 18.2 Å². The fourth-order valence-corrected chi connectivity index (χ4v) is 1.82. The lowest BCUT2D eigenvalue weighted by atomic mass is 10.1. The first-order valence-electron chi connectivity index (χ1n) is 4.88. The molecule has 1 fully saturated rings. The first kappa shape index (κ1) is 10.8. The lowest BCUT2D eigenvalue weighted by molar-refractivity contribution is 0.222. The van der Waals surface area contributed by atoms with Gasteiger partial charge in [-0.05, 0) is 17.7 Å². The van der Waals surface area contributed by atoms with Crippen molar-refractivity contribution in [3.05, 3.63) is 34.9 Å². The van der Waals surface area contributed by atoms with E-state index in [2.05, 4.69) is 5.32 Å². The van der Waals surface area contributed by atoms with Crippen molar-refractivity contribution in [1.29, 1.82) is 5.26 Å². The second kappa shape index (κ2) is 4.42. The number of amides is 2. The number of hydrogen-bond acceptors (Lipinski definition) is 2. The summed E-state index contributed by atoms with van der Waals surface area (Å²) in [4.78, 5) is 12.9. The molecule has 0 radical (unpaired) electrons. The molecule has 1 aromatic rings. The van der Waals surface area contributed by atoms with Gasteiger partial charge in [-0.25, -0.2) is 4.79 Å². The SMILES string of the molecule is N#CCN1CC(c2ccc(Cl)cc2)NC1=O. The van der Waals surface area contributed by atoms with Gasteiger partial charge < -0.3 is 10.2 Å². The Bertz CT molecular complexity index is 438. The van der Waals surface area contributed by atoms with Crippen LogP contribution in [-0.4, -0.2) is 24.0 Å². The molecule has 2 rings (SSSR count). The zero-order valence-corrected chi connectivity index (χ0v) is 9.24. The Hall–Kier alpha value is -1.73. The predicted molar refractivity (Wildman–Crippen MR) is 59.9 cm³/mol. The van der Waals surface area contributed by atoms with E-state index in [0.29, 0.717) is 11.6 Å². The van der Waals surface area contributed by atoms with Gasteiger partial charge in [-0.2, -0.15) is 5.26 Å². The van der Waals surface area contributed by atoms with Gasteiger partial charge in [0.1, 0.15) is 6.54 Å². The van der Waals surface area contributed by atoms with E-state index >= 15 is 0 Å². The van der Waals surface area contributed by atoms with Crippen molar-refractivity contribution in [3.8, 4) is 6.07 Å². The van der Waals surface area contributed by atoms with Crippen molar-refractivity contribution in [2.75, 3.05) is 13.1 Å². The van der Waals surface area contributed by atoms with Crippen molar-refractivity contribution in [3.63, 3.8) is 0 Å². The van der Waals surface area contributed by atoms with Gasteiger partial charge in [-0.3, -0.25) is 0 Å². The highest BCUT2D eigenvalue weighted by molar-refractivity contribution is 6.30. The van der Waals surface area contributed by atoms with E-state index in [0.717, 1.165) is 5.56 Å². The number of urea groups is 1. The number of carbonyl (C=O) groups is 1. The number of halogens is 1. The van der Waals surface area contributed by atoms with Crippen molar-refractivity contribution < 1.29 is 4.79 Å². The summed E-state index contributed by atoms with van der Waals surface area (Å²) < 4.78 is 0. The lowest BCUT2D eigenvalue weighted by Gasteiger charge is -2.10. The van der Waals surface area contributed by atoms with Gasteiger partial charge in [0, 0.05) is 11.6 Å². The van der Waals surface area contributed by atoms with Crippen LogP contribution in [0.4, 0.5) is 4.79 Å². The van der Waals surface area contributed by atoms with Crippen LogP contribution in [0.25, 0.3) is 0 Å². The Kier molecular flexibility index (Phi) is 2.97. The summed E-state index contributed by atoms with van der Waals surface area (Å²) in [5.41, 5.74) is 0.998. The molecule has 0 aliphatic carbocycles. The third-order valence-electron chi connectivity index (χ3n) is 2.52. The molecular weight excluding hydrogens is 226 g/mol. The number of carbonyl (C=O) groups excluding carboxylic acids is 1. The summed E-state index contributed by atoms with van der Waals surface area (Å²) in [6.07, 6.45) is 0. The van der Waals surface area contributed by atoms with Gasteiger partial charge in [0.25, 0.3) is 0 Å². The summed E-state index contributed by atoms with van der Waals surface area (Å²) in [6.45, 7) is 0.643. The van der Waals surface area contributed by atoms with E-state index in [-0.39, 0.29) is 18.6 Å². The normalized spacial score (nSPS) is 19.4. The van der Waals surface area contributed by atoms with Gasteiger partial charge in [0.05, 0.1) is 12.1 Å². The third-order valence-corrected chi connectivity index (χ3v) is 2.77. The Balaban J connectivity index is 2.11. The van der Waals surface area contributed by atoms with E-state index < -0.39 is 0 Å². The van der Waals surface area contributed by atoms with Crippen molar-refractivity contribution >= 4 is 17.6 Å². The summed E-state index contributed by atoms with van der Waals surface area (Å²) in [7, 11) is 0. The molecule has 1 atom stereocenters. The van der Waals surface area contributed by atoms with Crippen LogP contribution in [0.3, 0.4) is 0 Å². The number of hydrogen-bond donors (Lipinski definition) is 1. The van der Waals surface area contributed by atoms with Crippen molar-refractivity contribution in [2.45, 2.75) is 6.04 Å². The van der Waals surface area contributed by atoms with E-state index in [1.165, 1.54) is 4.90 Å². The van der Waals surface area contributed by atoms with Crippen LogP contribution in [0.1, 0.15) is 11.6 Å². The van der Waals surface area contributed by atoms with Crippen LogP contribution in [-0.2, 0) is 0 Å². The van der Waals surface area contributed by atoms with Crippen LogP contribution >= 0.6 is 11.6 Å². The molecule has 82 valence electrons. The number of nitrogens with zero attached hydrogens (tertiary/aromatic N) is 2. The smallest absolute Gasteiger partial charge is 0.318 e. The highest BCUT2D eigenvalue weighted by Crippen LogP contribution is 2.21. The minimum atomic E-state index is -0.193. The molecule has 1 aromatic carbocycles. The molecule has 1 N–H and O–H groups in total. The maximum Gasteiger partial charge on any atom is 0.318 e. The topological polar surface area (TPSA) is 56.1 Å². The lowest BCUT2D eigenvalue weighted by Crippen LogP contribution is -2.28. The Morgan fingerprint density at radius 1 is 1.50 bits per heavy atom. The second-order valence-corrected chi connectivity index (χ2v) is 4.03. The maximum absolute atomic E-state index is 11.5. The molecule has 1 aliphatic rings. The summed E-state index contributed by atoms with van der Waals surface area (Å²) in [6, 6.07) is 9.05. The van der Waals surface area contributed by atoms with Gasteiger partial charge in [-0.15, -0.1) is 0 Å². The van der Waals surface area contributed by atoms with Gasteiger partial charge in [0.15, 0.2) is 0 Å². The van der Waals surface area contributed by atoms with Gasteiger partial charge in [0.2, 0.25) is 0 Å². The van der Waals surface area contributed by atoms with Crippen LogP contribution in [0.15, 0.2) is 24.3 Å². The first-order valence-corrected chi connectivity index (χ1v) is 5.26. The predicted octanol–water partition coefficient (Wildman–Crippen LogP) is 1.93. The molecule has 1 unspecified atom stereocenters. The van der Waals surface area contributed by atoms with E-state index in [9.17, 15) is 4.79 Å². The minimum Gasteiger partial charge on any atom is -0.329 e. The molecular formula is C11H10ClN3O. The Morgan fingerprint density at radius 2 is 2.19 bits per heavy atom. The van der Waals surface area contributed by atoms with Crippen LogP contribution in [0.5, 0.6) is 0 Å². The standard InChI is InChI=1S/C11H10ClN3O/c12-9-3-1-8(2-4-9)10-7-15(6-5-13)11(16)14-10/h1-4,10H,6-7H2,(H,14,16). The van der Waals surface area contributed by atoms with E-state index in [1.54, 1.807) is 12.1 Å². The molecule has 1 saturated heterocycles. The highest BCUT2D eigenvalue weighted by atomic mass is 35.5. The first-order chi connectivity index (χ1) is 7.70. The third kappa shape index (κ3) is 2.10. The van der Waals surface area contributed by atoms with Gasteiger partial charge >= 0.3 is 6.03 Å². The number of nitriles is 1. The van der Waals surface area contributed by atoms with Crippen LogP contribution < -0.4 is 5.32 Å². The summed E-state index contributed by atoms with van der Waals surface area (Å²) >= 11 is 5.78. The van der Waals surface area contributed by atoms with Crippen molar-refractivity contribution in [1.82, 2.24) is 10.2 Å². The molecule has 1 heterocycles. The molecule has 0 aromatic heterocycles. The molecule has 5 heteroatoms. The summed E-state index contributed by atoms with van der Waals surface area (Å²) in [5, 5.41) is 12.0. The average Bonchev–Trinajstić information content (AvgIpc) is 2.62. The molecule has 0 spiro atoms. The average molecular weight is 236 g/mol. The quantitative estimate of drug-likeness (QED) is 0.797. The number of rotatable bonds is 2. The van der Waals surface area contributed by atoms with E-state index in [4.69, 9.17) is 16.9 Å². The molecule has 4 nitrogen and oxygen atoms in total. The largest absolute Gasteiger partial charge is 0.329 e. The highest BCUT2D eigenvalue weighted by Gasteiger charge is 2.29. The minimum absolute atomic E-state index is 0.0573.